The lowest BCUT2D eigenvalue weighted by Crippen LogP contribution is -2.43. The van der Waals surface area contributed by atoms with Gasteiger partial charge in [0.05, 0.1) is 15.5 Å². The third-order valence-electron chi connectivity index (χ3n) is 5.65. The summed E-state index contributed by atoms with van der Waals surface area (Å²) in [4.78, 5) is 12.0. The lowest BCUT2D eigenvalue weighted by molar-refractivity contribution is -0.137. The molecular formula is C20H24ClF3N2O3S. The zero-order valence-electron chi connectivity index (χ0n) is 16.3. The van der Waals surface area contributed by atoms with E-state index in [-0.39, 0.29) is 24.9 Å². The van der Waals surface area contributed by atoms with Gasteiger partial charge in [0.1, 0.15) is 0 Å². The lowest BCUT2D eigenvalue weighted by Gasteiger charge is -2.31. The predicted octanol–water partition coefficient (Wildman–Crippen LogP) is 4.23. The molecule has 2 aliphatic rings. The van der Waals surface area contributed by atoms with Crippen molar-refractivity contribution >= 4 is 27.5 Å². The van der Waals surface area contributed by atoms with E-state index in [1.54, 1.807) is 0 Å². The number of carbonyl (C=O) groups excluding carboxylic acids is 1. The summed E-state index contributed by atoms with van der Waals surface area (Å²) in [6.45, 7) is 0.764. The van der Waals surface area contributed by atoms with Crippen LogP contribution in [0.3, 0.4) is 0 Å². The summed E-state index contributed by atoms with van der Waals surface area (Å²) in [5, 5.41) is 2.41. The number of hydrogen-bond donors (Lipinski definition) is 1. The van der Waals surface area contributed by atoms with Crippen LogP contribution in [-0.2, 0) is 21.0 Å². The van der Waals surface area contributed by atoms with E-state index >= 15 is 0 Å². The molecule has 5 nitrogen and oxygen atoms in total. The van der Waals surface area contributed by atoms with Crippen LogP contribution in [0.4, 0.5) is 13.2 Å². The van der Waals surface area contributed by atoms with Crippen LogP contribution < -0.4 is 5.32 Å². The van der Waals surface area contributed by atoms with Gasteiger partial charge in [0, 0.05) is 25.6 Å². The number of amides is 1. The van der Waals surface area contributed by atoms with Crippen molar-refractivity contribution in [3.63, 3.8) is 0 Å². The van der Waals surface area contributed by atoms with Gasteiger partial charge in [-0.2, -0.15) is 17.5 Å². The molecular weight excluding hydrogens is 441 g/mol. The molecule has 1 aromatic carbocycles. The van der Waals surface area contributed by atoms with Crippen molar-refractivity contribution in [3.8, 4) is 0 Å². The minimum absolute atomic E-state index is 0.0799. The Morgan fingerprint density at radius 2 is 1.87 bits per heavy atom. The van der Waals surface area contributed by atoms with E-state index in [4.69, 9.17) is 11.6 Å². The molecule has 10 heteroatoms. The Balaban J connectivity index is 1.60. The van der Waals surface area contributed by atoms with E-state index in [0.29, 0.717) is 31.4 Å². The molecule has 0 bridgehead atoms. The number of nitrogens with zero attached hydrogens (tertiary/aromatic N) is 1. The van der Waals surface area contributed by atoms with Gasteiger partial charge in [-0.3, -0.25) is 4.79 Å². The average Bonchev–Trinajstić information content (AvgIpc) is 2.72. The zero-order valence-corrected chi connectivity index (χ0v) is 17.9. The zero-order chi connectivity index (χ0) is 21.9. The number of sulfonamides is 1. The monoisotopic (exact) mass is 464 g/mol. The lowest BCUT2D eigenvalue weighted by atomic mass is 9.93. The maximum absolute atomic E-state index is 13.1. The second-order valence-corrected chi connectivity index (χ2v) is 10.1. The van der Waals surface area contributed by atoms with Crippen LogP contribution in [0.25, 0.3) is 0 Å². The van der Waals surface area contributed by atoms with Gasteiger partial charge < -0.3 is 5.32 Å². The van der Waals surface area contributed by atoms with Crippen LogP contribution in [-0.4, -0.2) is 38.3 Å². The van der Waals surface area contributed by atoms with Crippen LogP contribution in [0.2, 0.25) is 5.02 Å². The quantitative estimate of drug-likeness (QED) is 0.663. The number of benzene rings is 1. The van der Waals surface area contributed by atoms with Gasteiger partial charge in [-0.25, -0.2) is 8.42 Å². The van der Waals surface area contributed by atoms with E-state index in [2.05, 4.69) is 17.5 Å². The minimum Gasteiger partial charge on any atom is -0.356 e. The highest BCUT2D eigenvalue weighted by atomic mass is 35.5. The molecule has 1 heterocycles. The van der Waals surface area contributed by atoms with E-state index in [1.807, 2.05) is 0 Å². The van der Waals surface area contributed by atoms with Crippen LogP contribution in [0.5, 0.6) is 0 Å². The Hall–Kier alpha value is -1.58. The van der Waals surface area contributed by atoms with Crippen molar-refractivity contribution in [2.24, 2.45) is 11.8 Å². The average molecular weight is 465 g/mol. The van der Waals surface area contributed by atoms with Crippen molar-refractivity contribution in [1.82, 2.24) is 9.62 Å². The van der Waals surface area contributed by atoms with Gasteiger partial charge in [-0.1, -0.05) is 23.8 Å². The summed E-state index contributed by atoms with van der Waals surface area (Å²) >= 11 is 5.58. The minimum atomic E-state index is -4.75. The van der Waals surface area contributed by atoms with Crippen molar-refractivity contribution < 1.29 is 26.4 Å². The van der Waals surface area contributed by atoms with Crippen LogP contribution in [0, 0.1) is 11.8 Å². The molecule has 1 amide bonds. The van der Waals surface area contributed by atoms with Gasteiger partial charge in [0.15, 0.2) is 0 Å². The summed E-state index contributed by atoms with van der Waals surface area (Å²) in [5.41, 5.74) is -1.18. The summed E-state index contributed by atoms with van der Waals surface area (Å²) in [7, 11) is -4.10. The number of halogens is 4. The summed E-state index contributed by atoms with van der Waals surface area (Å²) in [6.07, 6.45) is 3.15. The van der Waals surface area contributed by atoms with Gasteiger partial charge in [0.2, 0.25) is 15.9 Å². The fraction of sp³-hybridized carbons (Fsp3) is 0.550. The van der Waals surface area contributed by atoms with Crippen molar-refractivity contribution in [3.05, 3.63) is 40.9 Å². The Morgan fingerprint density at radius 3 is 2.47 bits per heavy atom. The summed E-state index contributed by atoms with van der Waals surface area (Å²) in [6, 6.07) is 2.58. The van der Waals surface area contributed by atoms with Gasteiger partial charge in [-0.15, -0.1) is 0 Å². The first-order valence-corrected chi connectivity index (χ1v) is 11.7. The highest BCUT2D eigenvalue weighted by Gasteiger charge is 2.37. The van der Waals surface area contributed by atoms with Crippen LogP contribution in [0.15, 0.2) is 35.2 Å². The Labute approximate surface area is 179 Å². The molecule has 166 valence electrons. The first-order chi connectivity index (χ1) is 14.1. The SMILES string of the molecule is O=C(NCC1CC=CCC1)C1CCN(S(=O)(=O)c2ccc(Cl)c(C(F)(F)F)c2)CC1. The summed E-state index contributed by atoms with van der Waals surface area (Å²) < 4.78 is 65.9. The fourth-order valence-corrected chi connectivity index (χ4v) is 5.54. The predicted molar refractivity (Wildman–Crippen MR) is 107 cm³/mol. The smallest absolute Gasteiger partial charge is 0.356 e. The highest BCUT2D eigenvalue weighted by molar-refractivity contribution is 7.89. The molecule has 3 rings (SSSR count). The molecule has 1 aromatic rings. The Kier molecular flexibility index (Phi) is 7.14. The number of alkyl halides is 3. The maximum Gasteiger partial charge on any atom is 0.417 e. The van der Waals surface area contributed by atoms with Crippen LogP contribution >= 0.6 is 11.6 Å². The summed E-state index contributed by atoms with van der Waals surface area (Å²) in [5.74, 6) is 0.0335. The molecule has 0 radical (unpaired) electrons. The van der Waals surface area contributed by atoms with Gasteiger partial charge in [0.25, 0.3) is 0 Å². The number of allylic oxidation sites excluding steroid dienone is 2. The molecule has 0 spiro atoms. The number of carbonyl (C=O) groups is 1. The molecule has 30 heavy (non-hydrogen) atoms. The molecule has 1 unspecified atom stereocenters. The number of rotatable bonds is 5. The highest BCUT2D eigenvalue weighted by Crippen LogP contribution is 2.36. The topological polar surface area (TPSA) is 66.5 Å². The largest absolute Gasteiger partial charge is 0.417 e. The Morgan fingerprint density at radius 1 is 1.17 bits per heavy atom. The van der Waals surface area contributed by atoms with Crippen molar-refractivity contribution in [2.75, 3.05) is 19.6 Å². The second kappa shape index (κ2) is 9.28. The third kappa shape index (κ3) is 5.36. The molecule has 0 aromatic heterocycles. The third-order valence-corrected chi connectivity index (χ3v) is 7.87. The number of piperidine rings is 1. The van der Waals surface area contributed by atoms with E-state index in [0.717, 1.165) is 35.7 Å². The standard InChI is InChI=1S/C20H24ClF3N2O3S/c21-18-7-6-16(12-17(18)20(22,23)24)30(28,29)26-10-8-15(9-11-26)19(27)25-13-14-4-2-1-3-5-14/h1-2,6-7,12,14-15H,3-5,8-11,13H2,(H,25,27). The van der Waals surface area contributed by atoms with Gasteiger partial charge in [-0.05, 0) is 56.2 Å². The molecule has 1 fully saturated rings. The van der Waals surface area contributed by atoms with E-state index < -0.39 is 31.7 Å². The van der Waals surface area contributed by atoms with E-state index in [9.17, 15) is 26.4 Å². The van der Waals surface area contributed by atoms with Crippen molar-refractivity contribution in [1.29, 1.82) is 0 Å². The second-order valence-electron chi connectivity index (χ2n) is 7.71. The maximum atomic E-state index is 13.1. The first kappa shape index (κ1) is 23.1. The Bertz CT molecular complexity index is 910. The van der Waals surface area contributed by atoms with Crippen LogP contribution in [0.1, 0.15) is 37.7 Å². The van der Waals surface area contributed by atoms with Crippen molar-refractivity contribution in [2.45, 2.75) is 43.2 Å². The van der Waals surface area contributed by atoms with Gasteiger partial charge >= 0.3 is 6.18 Å². The molecule has 1 aliphatic carbocycles. The first-order valence-electron chi connectivity index (χ1n) is 9.88. The molecule has 1 N–H and O–H groups in total. The normalized spacial score (nSPS) is 21.5. The van der Waals surface area contributed by atoms with E-state index in [1.165, 1.54) is 0 Å². The fourth-order valence-electron chi connectivity index (χ4n) is 3.82. The molecule has 0 saturated carbocycles. The molecule has 1 saturated heterocycles. The number of nitrogens with one attached hydrogen (secondary N) is 1. The molecule has 1 aliphatic heterocycles. The molecule has 1 atom stereocenters. The number of hydrogen-bond acceptors (Lipinski definition) is 3.